The summed E-state index contributed by atoms with van der Waals surface area (Å²) in [6, 6.07) is 0. The lowest BCUT2D eigenvalue weighted by molar-refractivity contribution is 0.0648. The van der Waals surface area contributed by atoms with E-state index in [4.69, 9.17) is 20.4 Å². The lowest BCUT2D eigenvalue weighted by Crippen LogP contribution is -2.33. The zero-order chi connectivity index (χ0) is 14.5. The van der Waals surface area contributed by atoms with Gasteiger partial charge in [-0.3, -0.25) is 0 Å². The SMILES string of the molecule is COCCOCCCN(CCC(N)=NO)CC(C)C. The minimum Gasteiger partial charge on any atom is -0.409 e. The molecule has 0 aliphatic rings. The number of ether oxygens (including phenoxy) is 2. The van der Waals surface area contributed by atoms with E-state index in [2.05, 4.69) is 23.9 Å². The average Bonchev–Trinajstić information content (AvgIpc) is 2.38. The van der Waals surface area contributed by atoms with Crippen molar-refractivity contribution in [3.8, 4) is 0 Å². The fraction of sp³-hybridized carbons (Fsp3) is 0.923. The van der Waals surface area contributed by atoms with Gasteiger partial charge in [-0.25, -0.2) is 0 Å². The number of amidine groups is 1. The maximum atomic E-state index is 8.54. The molecule has 0 bridgehead atoms. The topological polar surface area (TPSA) is 80.3 Å². The second-order valence-corrected chi connectivity index (χ2v) is 4.99. The van der Waals surface area contributed by atoms with Gasteiger partial charge in [-0.1, -0.05) is 19.0 Å². The van der Waals surface area contributed by atoms with E-state index in [0.717, 1.165) is 32.7 Å². The molecule has 6 heteroatoms. The third-order valence-corrected chi connectivity index (χ3v) is 2.63. The van der Waals surface area contributed by atoms with Gasteiger partial charge in [-0.05, 0) is 12.3 Å². The Hall–Kier alpha value is -0.850. The lowest BCUT2D eigenvalue weighted by Gasteiger charge is -2.23. The van der Waals surface area contributed by atoms with Gasteiger partial charge in [0.25, 0.3) is 0 Å². The lowest BCUT2D eigenvalue weighted by atomic mass is 10.2. The Bertz CT molecular complexity index is 235. The molecule has 0 aromatic rings. The Morgan fingerprint density at radius 2 is 2.00 bits per heavy atom. The highest BCUT2D eigenvalue weighted by atomic mass is 16.5. The van der Waals surface area contributed by atoms with E-state index < -0.39 is 0 Å². The molecule has 114 valence electrons. The largest absolute Gasteiger partial charge is 0.409 e. The maximum absolute atomic E-state index is 8.54. The minimum atomic E-state index is 0.283. The van der Waals surface area contributed by atoms with Crippen molar-refractivity contribution < 1.29 is 14.7 Å². The van der Waals surface area contributed by atoms with Crippen molar-refractivity contribution in [1.82, 2.24) is 4.90 Å². The Morgan fingerprint density at radius 1 is 1.26 bits per heavy atom. The molecular formula is C13H29N3O3. The van der Waals surface area contributed by atoms with Gasteiger partial charge in [-0.2, -0.15) is 0 Å². The van der Waals surface area contributed by atoms with Crippen molar-refractivity contribution >= 4 is 5.84 Å². The zero-order valence-corrected chi connectivity index (χ0v) is 12.5. The van der Waals surface area contributed by atoms with Gasteiger partial charge in [0.15, 0.2) is 0 Å². The monoisotopic (exact) mass is 275 g/mol. The van der Waals surface area contributed by atoms with Crippen LogP contribution in [0.4, 0.5) is 0 Å². The van der Waals surface area contributed by atoms with Crippen LogP contribution in [0.1, 0.15) is 26.7 Å². The normalized spacial score (nSPS) is 12.6. The molecule has 0 saturated heterocycles. The number of oxime groups is 1. The van der Waals surface area contributed by atoms with E-state index in [0.29, 0.717) is 25.6 Å². The summed E-state index contributed by atoms with van der Waals surface area (Å²) in [6.45, 7) is 9.18. The fourth-order valence-electron chi connectivity index (χ4n) is 1.77. The van der Waals surface area contributed by atoms with Crippen LogP contribution in [-0.2, 0) is 9.47 Å². The van der Waals surface area contributed by atoms with Crippen molar-refractivity contribution in [2.45, 2.75) is 26.7 Å². The van der Waals surface area contributed by atoms with E-state index in [1.54, 1.807) is 7.11 Å². The number of nitrogens with zero attached hydrogens (tertiary/aromatic N) is 2. The highest BCUT2D eigenvalue weighted by Crippen LogP contribution is 2.01. The molecule has 0 aromatic heterocycles. The summed E-state index contributed by atoms with van der Waals surface area (Å²) in [5.74, 6) is 0.881. The van der Waals surface area contributed by atoms with E-state index in [9.17, 15) is 0 Å². The van der Waals surface area contributed by atoms with E-state index in [-0.39, 0.29) is 5.84 Å². The molecule has 0 unspecified atom stereocenters. The molecule has 0 aliphatic carbocycles. The molecule has 0 radical (unpaired) electrons. The Balaban J connectivity index is 3.80. The Morgan fingerprint density at radius 3 is 2.58 bits per heavy atom. The quantitative estimate of drug-likeness (QED) is 0.183. The molecule has 3 N–H and O–H groups in total. The number of hydrogen-bond donors (Lipinski definition) is 2. The number of hydrogen-bond acceptors (Lipinski definition) is 5. The smallest absolute Gasteiger partial charge is 0.140 e. The van der Waals surface area contributed by atoms with Crippen molar-refractivity contribution in [2.75, 3.05) is 46.6 Å². The third kappa shape index (κ3) is 11.9. The van der Waals surface area contributed by atoms with Crippen molar-refractivity contribution in [3.05, 3.63) is 0 Å². The second kappa shape index (κ2) is 12.2. The minimum absolute atomic E-state index is 0.283. The van der Waals surface area contributed by atoms with Gasteiger partial charge in [0, 0.05) is 39.8 Å². The van der Waals surface area contributed by atoms with Gasteiger partial charge in [-0.15, -0.1) is 0 Å². The number of methoxy groups -OCH3 is 1. The summed E-state index contributed by atoms with van der Waals surface area (Å²) in [6.07, 6.45) is 1.57. The van der Waals surface area contributed by atoms with Gasteiger partial charge in [0.05, 0.1) is 13.2 Å². The number of rotatable bonds is 12. The van der Waals surface area contributed by atoms with Crippen LogP contribution >= 0.6 is 0 Å². The van der Waals surface area contributed by atoms with Crippen molar-refractivity contribution in [1.29, 1.82) is 0 Å². The second-order valence-electron chi connectivity index (χ2n) is 4.99. The molecular weight excluding hydrogens is 246 g/mol. The predicted molar refractivity (Wildman–Crippen MR) is 76.6 cm³/mol. The van der Waals surface area contributed by atoms with Crippen LogP contribution in [0, 0.1) is 5.92 Å². The molecule has 0 amide bonds. The highest BCUT2D eigenvalue weighted by molar-refractivity contribution is 5.79. The Kier molecular flexibility index (Phi) is 11.7. The van der Waals surface area contributed by atoms with Crippen molar-refractivity contribution in [2.24, 2.45) is 16.8 Å². The van der Waals surface area contributed by atoms with Crippen LogP contribution in [0.15, 0.2) is 5.16 Å². The average molecular weight is 275 g/mol. The first-order valence-electron chi connectivity index (χ1n) is 6.85. The fourth-order valence-corrected chi connectivity index (χ4v) is 1.77. The molecule has 6 nitrogen and oxygen atoms in total. The van der Waals surface area contributed by atoms with E-state index in [1.165, 1.54) is 0 Å². The summed E-state index contributed by atoms with van der Waals surface area (Å²) in [5.41, 5.74) is 5.50. The first kappa shape index (κ1) is 18.1. The van der Waals surface area contributed by atoms with E-state index >= 15 is 0 Å². The molecule has 0 spiro atoms. The van der Waals surface area contributed by atoms with Crippen LogP contribution in [0.5, 0.6) is 0 Å². The summed E-state index contributed by atoms with van der Waals surface area (Å²) >= 11 is 0. The molecule has 0 atom stereocenters. The summed E-state index contributed by atoms with van der Waals surface area (Å²) in [5, 5.41) is 11.5. The standard InChI is InChI=1S/C13H29N3O3/c1-12(2)11-16(7-5-13(14)15-17)6-4-8-19-10-9-18-3/h12,17H,4-11H2,1-3H3,(H2,14,15). The predicted octanol–water partition coefficient (Wildman–Crippen LogP) is 1.13. The molecule has 0 rings (SSSR count). The van der Waals surface area contributed by atoms with Gasteiger partial charge >= 0.3 is 0 Å². The summed E-state index contributed by atoms with van der Waals surface area (Å²) < 4.78 is 10.3. The van der Waals surface area contributed by atoms with Crippen LogP contribution in [0.2, 0.25) is 0 Å². The first-order chi connectivity index (χ1) is 9.10. The molecule has 19 heavy (non-hydrogen) atoms. The van der Waals surface area contributed by atoms with Crippen molar-refractivity contribution in [3.63, 3.8) is 0 Å². The van der Waals surface area contributed by atoms with Crippen LogP contribution in [-0.4, -0.2) is 62.5 Å². The highest BCUT2D eigenvalue weighted by Gasteiger charge is 2.08. The van der Waals surface area contributed by atoms with Crippen LogP contribution in [0.3, 0.4) is 0 Å². The molecule has 0 heterocycles. The van der Waals surface area contributed by atoms with Crippen LogP contribution < -0.4 is 5.73 Å². The van der Waals surface area contributed by atoms with E-state index in [1.807, 2.05) is 0 Å². The summed E-state index contributed by atoms with van der Waals surface area (Å²) in [4.78, 5) is 2.32. The molecule has 0 fully saturated rings. The number of nitrogens with two attached hydrogens (primary N) is 1. The molecule has 0 saturated carbocycles. The van der Waals surface area contributed by atoms with Crippen LogP contribution in [0.25, 0.3) is 0 Å². The van der Waals surface area contributed by atoms with Gasteiger partial charge in [0.1, 0.15) is 5.84 Å². The maximum Gasteiger partial charge on any atom is 0.140 e. The van der Waals surface area contributed by atoms with Gasteiger partial charge < -0.3 is 25.3 Å². The molecule has 0 aliphatic heterocycles. The summed E-state index contributed by atoms with van der Waals surface area (Å²) in [7, 11) is 1.67. The third-order valence-electron chi connectivity index (χ3n) is 2.63. The Labute approximate surface area is 116 Å². The first-order valence-corrected chi connectivity index (χ1v) is 6.85. The zero-order valence-electron chi connectivity index (χ0n) is 12.5. The molecule has 0 aromatic carbocycles. The van der Waals surface area contributed by atoms with Gasteiger partial charge in [0.2, 0.25) is 0 Å².